The van der Waals surface area contributed by atoms with E-state index in [0.29, 0.717) is 32.4 Å². The molecule has 1 amide bonds. The van der Waals surface area contributed by atoms with Crippen molar-refractivity contribution < 1.29 is 32.6 Å². The summed E-state index contributed by atoms with van der Waals surface area (Å²) in [5, 5.41) is 12.1. The topological polar surface area (TPSA) is 78.9 Å². The molecule has 2 atom stereocenters. The molecule has 190 valence electrons. The molecule has 1 aliphatic heterocycles. The first kappa shape index (κ1) is 26.8. The number of carbonyl (C=O) groups excluding carboxylic acids is 1. The molecule has 1 saturated heterocycles. The Hall–Kier alpha value is -2.78. The van der Waals surface area contributed by atoms with Crippen molar-refractivity contribution in [2.45, 2.75) is 56.5 Å². The second-order valence-corrected chi connectivity index (χ2v) is 9.01. The van der Waals surface area contributed by atoms with E-state index in [1.165, 1.54) is 24.3 Å². The molecule has 2 N–H and O–H groups in total. The van der Waals surface area contributed by atoms with Gasteiger partial charge in [0, 0.05) is 13.1 Å². The molecule has 4 rings (SSSR count). The highest BCUT2D eigenvalue weighted by Gasteiger charge is 2.51. The molecule has 0 bridgehead atoms. The molecule has 0 radical (unpaired) electrons. The predicted molar refractivity (Wildman–Crippen MR) is 126 cm³/mol. The van der Waals surface area contributed by atoms with Crippen LogP contribution in [0.5, 0.6) is 5.75 Å². The fraction of sp³-hybridized carbons (Fsp3) is 0.440. The number of alkyl halides is 3. The second kappa shape index (κ2) is 10.5. The van der Waals surface area contributed by atoms with Crippen LogP contribution in [-0.4, -0.2) is 46.6 Å². The third kappa shape index (κ3) is 5.73. The van der Waals surface area contributed by atoms with Gasteiger partial charge in [-0.1, -0.05) is 18.2 Å². The molecular formula is C25H28ClF3N2O4. The Balaban J connectivity index is 0.00000342. The van der Waals surface area contributed by atoms with Crippen molar-refractivity contribution in [1.82, 2.24) is 10.2 Å². The molecule has 1 heterocycles. The lowest BCUT2D eigenvalue weighted by Gasteiger charge is -2.47. The van der Waals surface area contributed by atoms with Crippen molar-refractivity contribution in [1.29, 1.82) is 0 Å². The monoisotopic (exact) mass is 512 g/mol. The van der Waals surface area contributed by atoms with Gasteiger partial charge < -0.3 is 15.2 Å². The zero-order valence-electron chi connectivity index (χ0n) is 19.2. The van der Waals surface area contributed by atoms with E-state index >= 15 is 0 Å². The molecule has 2 fully saturated rings. The van der Waals surface area contributed by atoms with Gasteiger partial charge in [0.25, 0.3) is 0 Å². The number of ether oxygens (including phenoxy) is 1. The average Bonchev–Trinajstić information content (AvgIpc) is 3.21. The molecule has 2 aromatic rings. The average molecular weight is 513 g/mol. The Morgan fingerprint density at radius 1 is 1.17 bits per heavy atom. The van der Waals surface area contributed by atoms with Crippen molar-refractivity contribution in [2.75, 3.05) is 13.1 Å². The van der Waals surface area contributed by atoms with Crippen molar-refractivity contribution in [3.8, 4) is 5.75 Å². The summed E-state index contributed by atoms with van der Waals surface area (Å²) in [5.41, 5.74) is -0.414. The fourth-order valence-electron chi connectivity index (χ4n) is 4.68. The lowest BCUT2D eigenvalue weighted by Crippen LogP contribution is -2.62. The first-order valence-corrected chi connectivity index (χ1v) is 11.3. The molecule has 0 aromatic heterocycles. The van der Waals surface area contributed by atoms with Gasteiger partial charge in [0.05, 0.1) is 17.2 Å². The first-order chi connectivity index (χ1) is 16.1. The molecule has 35 heavy (non-hydrogen) atoms. The van der Waals surface area contributed by atoms with Gasteiger partial charge >= 0.3 is 12.1 Å². The Kier molecular flexibility index (Phi) is 8.01. The van der Waals surface area contributed by atoms with Crippen LogP contribution < -0.4 is 10.1 Å². The van der Waals surface area contributed by atoms with Gasteiger partial charge in [-0.25, -0.2) is 4.79 Å². The summed E-state index contributed by atoms with van der Waals surface area (Å²) in [7, 11) is 0. The van der Waals surface area contributed by atoms with Crippen molar-refractivity contribution in [3.05, 3.63) is 65.2 Å². The van der Waals surface area contributed by atoms with Crippen LogP contribution in [0.3, 0.4) is 0 Å². The quantitative estimate of drug-likeness (QED) is 0.541. The van der Waals surface area contributed by atoms with Crippen LogP contribution in [0.2, 0.25) is 0 Å². The van der Waals surface area contributed by atoms with E-state index < -0.39 is 23.2 Å². The number of carbonyl (C=O) groups is 2. The number of likely N-dealkylation sites (tertiary alicyclic amines) is 1. The van der Waals surface area contributed by atoms with E-state index in [-0.39, 0.29) is 41.8 Å². The maximum absolute atomic E-state index is 13.3. The van der Waals surface area contributed by atoms with Crippen LogP contribution >= 0.6 is 12.4 Å². The van der Waals surface area contributed by atoms with Gasteiger partial charge in [0.15, 0.2) is 0 Å². The number of rotatable bonds is 7. The largest absolute Gasteiger partial charge is 0.489 e. The van der Waals surface area contributed by atoms with Gasteiger partial charge in [-0.3, -0.25) is 9.69 Å². The predicted octanol–water partition coefficient (Wildman–Crippen LogP) is 5.08. The Bertz CT molecular complexity index is 1060. The van der Waals surface area contributed by atoms with Crippen LogP contribution in [0.1, 0.15) is 60.1 Å². The van der Waals surface area contributed by atoms with E-state index in [4.69, 9.17) is 9.84 Å². The van der Waals surface area contributed by atoms with Gasteiger partial charge in [-0.2, -0.15) is 13.2 Å². The molecule has 0 unspecified atom stereocenters. The van der Waals surface area contributed by atoms with Gasteiger partial charge in [-0.15, -0.1) is 12.4 Å². The lowest BCUT2D eigenvalue weighted by atomic mass is 9.74. The fourth-order valence-corrected chi connectivity index (χ4v) is 4.68. The van der Waals surface area contributed by atoms with Gasteiger partial charge in [0.1, 0.15) is 17.4 Å². The summed E-state index contributed by atoms with van der Waals surface area (Å²) >= 11 is 0. The van der Waals surface area contributed by atoms with E-state index in [2.05, 4.69) is 10.2 Å². The molecule has 2 aliphatic rings. The van der Waals surface area contributed by atoms with Crippen LogP contribution in [0.25, 0.3) is 0 Å². The standard InChI is InChI=1S/C25H27F3N2O4.ClH/c1-16(17-6-8-18(9-7-17)22(31)32)29-23(33)24(11-3-12-24)30-13-10-21(15-30)34-20-5-2-4-19(14-20)25(26,27)28;/h2,4-9,14,16,21H,3,10-13,15H2,1H3,(H,29,33)(H,31,32);1H/t16-,21+;/m0./s1. The summed E-state index contributed by atoms with van der Waals surface area (Å²) < 4.78 is 44.8. The number of carboxylic acids is 1. The van der Waals surface area contributed by atoms with Crippen LogP contribution in [0.15, 0.2) is 48.5 Å². The molecule has 2 aromatic carbocycles. The summed E-state index contributed by atoms with van der Waals surface area (Å²) in [5.74, 6) is -0.923. The third-order valence-corrected chi connectivity index (χ3v) is 6.82. The minimum absolute atomic E-state index is 0. The summed E-state index contributed by atoms with van der Waals surface area (Å²) in [6.45, 7) is 2.94. The highest BCUT2D eigenvalue weighted by Crippen LogP contribution is 2.41. The smallest absolute Gasteiger partial charge is 0.416 e. The maximum Gasteiger partial charge on any atom is 0.416 e. The Morgan fingerprint density at radius 2 is 1.86 bits per heavy atom. The van der Waals surface area contributed by atoms with Crippen molar-refractivity contribution in [3.63, 3.8) is 0 Å². The zero-order valence-corrected chi connectivity index (χ0v) is 20.0. The number of benzene rings is 2. The van der Waals surface area contributed by atoms with Gasteiger partial charge in [-0.05, 0) is 68.5 Å². The van der Waals surface area contributed by atoms with E-state index in [9.17, 15) is 22.8 Å². The van der Waals surface area contributed by atoms with E-state index in [1.807, 2.05) is 6.92 Å². The molecule has 1 aliphatic carbocycles. The second-order valence-electron chi connectivity index (χ2n) is 9.01. The van der Waals surface area contributed by atoms with Crippen LogP contribution in [-0.2, 0) is 11.0 Å². The molecular weight excluding hydrogens is 485 g/mol. The molecule has 10 heteroatoms. The minimum Gasteiger partial charge on any atom is -0.489 e. The normalized spacial score (nSPS) is 20.3. The third-order valence-electron chi connectivity index (χ3n) is 6.82. The number of hydrogen-bond acceptors (Lipinski definition) is 4. The number of nitrogens with zero attached hydrogens (tertiary/aromatic N) is 1. The molecule has 6 nitrogen and oxygen atoms in total. The summed E-state index contributed by atoms with van der Waals surface area (Å²) in [6.07, 6.45) is -1.77. The highest BCUT2D eigenvalue weighted by atomic mass is 35.5. The van der Waals surface area contributed by atoms with Crippen molar-refractivity contribution in [2.24, 2.45) is 0 Å². The van der Waals surface area contributed by atoms with Crippen molar-refractivity contribution >= 4 is 24.3 Å². The minimum atomic E-state index is -4.43. The number of halogens is 4. The summed E-state index contributed by atoms with van der Waals surface area (Å²) in [4.78, 5) is 26.4. The SMILES string of the molecule is C[C@H](NC(=O)C1(N2CC[C@@H](Oc3cccc(C(F)(F)F)c3)C2)CCC1)c1ccc(C(=O)O)cc1.Cl. The van der Waals surface area contributed by atoms with Crippen LogP contribution in [0.4, 0.5) is 13.2 Å². The van der Waals surface area contributed by atoms with E-state index in [1.54, 1.807) is 12.1 Å². The number of nitrogens with one attached hydrogen (secondary N) is 1. The Morgan fingerprint density at radius 3 is 2.43 bits per heavy atom. The number of amides is 1. The summed E-state index contributed by atoms with van der Waals surface area (Å²) in [6, 6.07) is 11.0. The Labute approximate surface area is 207 Å². The first-order valence-electron chi connectivity index (χ1n) is 11.3. The van der Waals surface area contributed by atoms with Gasteiger partial charge in [0.2, 0.25) is 5.91 Å². The highest BCUT2D eigenvalue weighted by molar-refractivity contribution is 5.88. The maximum atomic E-state index is 13.3. The van der Waals surface area contributed by atoms with E-state index in [0.717, 1.165) is 24.1 Å². The lowest BCUT2D eigenvalue weighted by molar-refractivity contribution is -0.140. The zero-order chi connectivity index (χ0) is 24.5. The number of aromatic carboxylic acids is 1. The van der Waals surface area contributed by atoms with Crippen LogP contribution in [0, 0.1) is 0 Å². The molecule has 0 spiro atoms. The number of carboxylic acid groups (broad SMARTS) is 1. The number of hydrogen-bond donors (Lipinski definition) is 2. The molecule has 1 saturated carbocycles.